The second-order valence-electron chi connectivity index (χ2n) is 4.76. The first kappa shape index (κ1) is 14.2. The lowest BCUT2D eigenvalue weighted by Gasteiger charge is -2.17. The van der Waals surface area contributed by atoms with Crippen LogP contribution in [0.1, 0.15) is 44.5 Å². The molecule has 0 aromatic heterocycles. The monoisotopic (exact) mass is 298 g/mol. The van der Waals surface area contributed by atoms with Crippen molar-refractivity contribution in [1.29, 1.82) is 0 Å². The number of carbonyl (C=O) groups is 1. The van der Waals surface area contributed by atoms with Gasteiger partial charge in [-0.2, -0.15) is 0 Å². The summed E-state index contributed by atoms with van der Waals surface area (Å²) in [5.74, 6) is 1.47. The molecule has 0 saturated carbocycles. The number of halogens is 1. The Morgan fingerprint density at radius 2 is 2.00 bits per heavy atom. The van der Waals surface area contributed by atoms with Crippen molar-refractivity contribution < 1.29 is 9.53 Å². The van der Waals surface area contributed by atoms with E-state index in [9.17, 15) is 4.79 Å². The maximum absolute atomic E-state index is 11.2. The fourth-order valence-corrected chi connectivity index (χ4v) is 2.22. The number of hydrogen-bond acceptors (Lipinski definition) is 2. The Bertz CT molecular complexity index is 399. The van der Waals surface area contributed by atoms with E-state index in [0.717, 1.165) is 16.6 Å². The first-order valence-corrected chi connectivity index (χ1v) is 6.66. The van der Waals surface area contributed by atoms with E-state index >= 15 is 0 Å². The zero-order valence-electron chi connectivity index (χ0n) is 10.8. The van der Waals surface area contributed by atoms with Gasteiger partial charge in [-0.05, 0) is 60.3 Å². The van der Waals surface area contributed by atoms with Crippen LogP contribution in [-0.2, 0) is 0 Å². The lowest BCUT2D eigenvalue weighted by Crippen LogP contribution is -2.14. The summed E-state index contributed by atoms with van der Waals surface area (Å²) in [6.07, 6.45) is 1.19. The fourth-order valence-electron chi connectivity index (χ4n) is 1.74. The quantitative estimate of drug-likeness (QED) is 0.750. The van der Waals surface area contributed by atoms with Crippen molar-refractivity contribution in [1.82, 2.24) is 0 Å². The van der Waals surface area contributed by atoms with Crippen LogP contribution in [0.5, 0.6) is 5.75 Å². The number of carbonyl (C=O) groups excluding carboxylic acids is 1. The minimum atomic E-state index is 0.0625. The third kappa shape index (κ3) is 4.50. The molecule has 0 saturated heterocycles. The Labute approximate surface area is 111 Å². The van der Waals surface area contributed by atoms with Gasteiger partial charge in [0, 0.05) is 5.56 Å². The summed E-state index contributed by atoms with van der Waals surface area (Å²) in [5.41, 5.74) is 0.695. The number of hydrogen-bond donors (Lipinski definition) is 0. The summed E-state index contributed by atoms with van der Waals surface area (Å²) in [6.45, 7) is 7.97. The number of benzene rings is 1. The molecule has 2 nitrogen and oxygen atoms in total. The normalized spacial score (nSPS) is 12.6. The predicted octanol–water partition coefficient (Wildman–Crippen LogP) is 4.47. The molecule has 0 radical (unpaired) electrons. The van der Waals surface area contributed by atoms with Gasteiger partial charge in [0.25, 0.3) is 0 Å². The Kier molecular flexibility index (Phi) is 5.19. The van der Waals surface area contributed by atoms with Gasteiger partial charge in [0.1, 0.15) is 5.75 Å². The van der Waals surface area contributed by atoms with Crippen LogP contribution in [0.15, 0.2) is 22.7 Å². The standard InChI is InChI=1S/C14H19BrO2/c1-9(2)7-10(3)17-14-6-5-12(11(4)16)8-13(14)15/h5-6,8-10H,7H2,1-4H3. The van der Waals surface area contributed by atoms with Gasteiger partial charge >= 0.3 is 0 Å². The highest BCUT2D eigenvalue weighted by Gasteiger charge is 2.10. The molecule has 1 unspecified atom stereocenters. The predicted molar refractivity (Wildman–Crippen MR) is 73.7 cm³/mol. The average molecular weight is 299 g/mol. The summed E-state index contributed by atoms with van der Waals surface area (Å²) >= 11 is 3.43. The van der Waals surface area contributed by atoms with Crippen LogP contribution in [0, 0.1) is 5.92 Å². The largest absolute Gasteiger partial charge is 0.490 e. The van der Waals surface area contributed by atoms with Crippen LogP contribution in [0.4, 0.5) is 0 Å². The Balaban J connectivity index is 2.75. The van der Waals surface area contributed by atoms with E-state index in [1.165, 1.54) is 0 Å². The molecule has 1 aromatic rings. The molecule has 1 atom stereocenters. The van der Waals surface area contributed by atoms with Crippen molar-refractivity contribution >= 4 is 21.7 Å². The van der Waals surface area contributed by atoms with Gasteiger partial charge in [-0.15, -0.1) is 0 Å². The molecule has 3 heteroatoms. The zero-order valence-corrected chi connectivity index (χ0v) is 12.4. The first-order chi connectivity index (χ1) is 7.90. The average Bonchev–Trinajstić information content (AvgIpc) is 2.19. The van der Waals surface area contributed by atoms with Crippen molar-refractivity contribution in [2.24, 2.45) is 5.92 Å². The summed E-state index contributed by atoms with van der Waals surface area (Å²) < 4.78 is 6.67. The molecule has 0 spiro atoms. The molecule has 94 valence electrons. The first-order valence-electron chi connectivity index (χ1n) is 5.87. The van der Waals surface area contributed by atoms with Gasteiger partial charge in [-0.25, -0.2) is 0 Å². The Morgan fingerprint density at radius 3 is 2.47 bits per heavy atom. The Hall–Kier alpha value is -0.830. The molecule has 1 rings (SSSR count). The highest BCUT2D eigenvalue weighted by Crippen LogP contribution is 2.28. The van der Waals surface area contributed by atoms with Crippen molar-refractivity contribution in [2.75, 3.05) is 0 Å². The smallest absolute Gasteiger partial charge is 0.159 e. The third-order valence-corrected chi connectivity index (χ3v) is 3.09. The summed E-state index contributed by atoms with van der Waals surface area (Å²) in [5, 5.41) is 0. The third-order valence-electron chi connectivity index (χ3n) is 2.47. The van der Waals surface area contributed by atoms with Crippen LogP contribution >= 0.6 is 15.9 Å². The SMILES string of the molecule is CC(=O)c1ccc(OC(C)CC(C)C)c(Br)c1. The molecule has 0 aliphatic heterocycles. The second-order valence-corrected chi connectivity index (χ2v) is 5.61. The van der Waals surface area contributed by atoms with Gasteiger partial charge in [0.15, 0.2) is 5.78 Å². The minimum Gasteiger partial charge on any atom is -0.490 e. The van der Waals surface area contributed by atoms with E-state index in [4.69, 9.17) is 4.74 Å². The highest BCUT2D eigenvalue weighted by atomic mass is 79.9. The fraction of sp³-hybridized carbons (Fsp3) is 0.500. The van der Waals surface area contributed by atoms with Crippen molar-refractivity contribution in [3.63, 3.8) is 0 Å². The number of rotatable bonds is 5. The summed E-state index contributed by atoms with van der Waals surface area (Å²) in [4.78, 5) is 11.2. The van der Waals surface area contributed by atoms with Crippen molar-refractivity contribution in [3.8, 4) is 5.75 Å². The van der Waals surface area contributed by atoms with E-state index in [2.05, 4.69) is 36.7 Å². The minimum absolute atomic E-state index is 0.0625. The molecule has 0 bridgehead atoms. The number of Topliss-reactive ketones (excluding diaryl/α,β-unsaturated/α-hetero) is 1. The lowest BCUT2D eigenvalue weighted by molar-refractivity contribution is 0.101. The van der Waals surface area contributed by atoms with E-state index in [-0.39, 0.29) is 11.9 Å². The molecular formula is C14H19BrO2. The van der Waals surface area contributed by atoms with Crippen LogP contribution in [0.25, 0.3) is 0 Å². The molecule has 0 N–H and O–H groups in total. The molecule has 0 aliphatic carbocycles. The second kappa shape index (κ2) is 6.20. The highest BCUT2D eigenvalue weighted by molar-refractivity contribution is 9.10. The topological polar surface area (TPSA) is 26.3 Å². The van der Waals surface area contributed by atoms with Gasteiger partial charge in [0.05, 0.1) is 10.6 Å². The van der Waals surface area contributed by atoms with Crippen molar-refractivity contribution in [3.05, 3.63) is 28.2 Å². The van der Waals surface area contributed by atoms with Crippen LogP contribution < -0.4 is 4.74 Å². The molecule has 0 heterocycles. The van der Waals surface area contributed by atoms with E-state index in [1.54, 1.807) is 19.1 Å². The maximum atomic E-state index is 11.2. The number of ketones is 1. The van der Waals surface area contributed by atoms with Gasteiger partial charge in [-0.1, -0.05) is 13.8 Å². The molecule has 1 aromatic carbocycles. The number of ether oxygens (including phenoxy) is 1. The van der Waals surface area contributed by atoms with Crippen molar-refractivity contribution in [2.45, 2.75) is 40.2 Å². The van der Waals surface area contributed by atoms with Gasteiger partial charge in [0.2, 0.25) is 0 Å². The maximum Gasteiger partial charge on any atom is 0.159 e. The van der Waals surface area contributed by atoms with E-state index in [0.29, 0.717) is 11.5 Å². The van der Waals surface area contributed by atoms with Gasteiger partial charge in [-0.3, -0.25) is 4.79 Å². The lowest BCUT2D eigenvalue weighted by atomic mass is 10.1. The summed E-state index contributed by atoms with van der Waals surface area (Å²) in [7, 11) is 0. The van der Waals surface area contributed by atoms with E-state index < -0.39 is 0 Å². The van der Waals surface area contributed by atoms with Crippen LogP contribution in [0.3, 0.4) is 0 Å². The summed E-state index contributed by atoms with van der Waals surface area (Å²) in [6, 6.07) is 5.45. The molecule has 17 heavy (non-hydrogen) atoms. The molecule has 0 fully saturated rings. The van der Waals surface area contributed by atoms with Crippen LogP contribution in [-0.4, -0.2) is 11.9 Å². The molecule has 0 aliphatic rings. The van der Waals surface area contributed by atoms with E-state index in [1.807, 2.05) is 6.07 Å². The zero-order chi connectivity index (χ0) is 13.0. The molecular weight excluding hydrogens is 280 g/mol. The molecule has 0 amide bonds. The van der Waals surface area contributed by atoms with Crippen LogP contribution in [0.2, 0.25) is 0 Å². The Morgan fingerprint density at radius 1 is 1.35 bits per heavy atom. The van der Waals surface area contributed by atoms with Gasteiger partial charge < -0.3 is 4.74 Å².